The maximum Gasteiger partial charge on any atom is 0.341 e. The van der Waals surface area contributed by atoms with Gasteiger partial charge in [-0.2, -0.15) is 0 Å². The zero-order chi connectivity index (χ0) is 23.1. The minimum atomic E-state index is -3.31. The molecule has 1 aromatic heterocycles. The number of thioether (sulfide) groups is 1. The second-order valence-corrected chi connectivity index (χ2v) is 12.2. The van der Waals surface area contributed by atoms with Crippen LogP contribution in [0.4, 0.5) is 0 Å². The monoisotopic (exact) mass is 513 g/mol. The van der Waals surface area contributed by atoms with Crippen molar-refractivity contribution in [1.82, 2.24) is 5.32 Å². The Kier molecular flexibility index (Phi) is 8.84. The van der Waals surface area contributed by atoms with Crippen LogP contribution in [-0.4, -0.2) is 50.7 Å². The van der Waals surface area contributed by atoms with Gasteiger partial charge in [0.25, 0.3) is 0 Å². The van der Waals surface area contributed by atoms with Gasteiger partial charge in [0.05, 0.1) is 5.75 Å². The molecule has 2 aromatic carbocycles. The van der Waals surface area contributed by atoms with Crippen molar-refractivity contribution in [2.24, 2.45) is 0 Å². The molecule has 3 aromatic rings. The fourth-order valence-electron chi connectivity index (χ4n) is 3.01. The molecule has 0 saturated carbocycles. The molecule has 1 heterocycles. The van der Waals surface area contributed by atoms with Crippen LogP contribution in [0.5, 0.6) is 5.75 Å². The van der Waals surface area contributed by atoms with E-state index in [-0.39, 0.29) is 12.4 Å². The predicted octanol–water partition coefficient (Wildman–Crippen LogP) is 4.87. The average molecular weight is 514 g/mol. The molecule has 0 bridgehead atoms. The number of benzene rings is 2. The number of carboxylic acids is 1. The Hall–Kier alpha value is -1.78. The van der Waals surface area contributed by atoms with E-state index in [9.17, 15) is 13.2 Å². The lowest BCUT2D eigenvalue weighted by atomic mass is 10.2. The third-order valence-electron chi connectivity index (χ3n) is 4.57. The summed E-state index contributed by atoms with van der Waals surface area (Å²) >= 11 is 8.93. The summed E-state index contributed by atoms with van der Waals surface area (Å²) in [6, 6.07) is 12.7. The number of thiophene rings is 1. The first kappa shape index (κ1) is 24.9. The van der Waals surface area contributed by atoms with Gasteiger partial charge in [0.1, 0.15) is 9.96 Å². The highest BCUT2D eigenvalue weighted by Crippen LogP contribution is 2.31. The molecule has 2 N–H and O–H groups in total. The van der Waals surface area contributed by atoms with Crippen LogP contribution in [0.3, 0.4) is 0 Å². The first-order chi connectivity index (χ1) is 15.2. The largest absolute Gasteiger partial charge is 0.482 e. The average Bonchev–Trinajstić information content (AvgIpc) is 3.16. The van der Waals surface area contributed by atoms with Crippen molar-refractivity contribution in [2.45, 2.75) is 22.4 Å². The number of carbonyl (C=O) groups is 1. The van der Waals surface area contributed by atoms with Crippen molar-refractivity contribution >= 4 is 60.6 Å². The Morgan fingerprint density at radius 1 is 1.19 bits per heavy atom. The minimum Gasteiger partial charge on any atom is -0.482 e. The molecule has 0 aliphatic rings. The summed E-state index contributed by atoms with van der Waals surface area (Å²) in [5.41, 5.74) is 0.887. The van der Waals surface area contributed by atoms with Crippen molar-refractivity contribution in [1.29, 1.82) is 0 Å². The Bertz CT molecular complexity index is 1190. The van der Waals surface area contributed by atoms with Crippen molar-refractivity contribution in [2.75, 3.05) is 31.2 Å². The molecule has 0 unspecified atom stereocenters. The number of aryl methyl sites for hydroxylation is 1. The van der Waals surface area contributed by atoms with E-state index >= 15 is 0 Å². The molecule has 10 heteroatoms. The summed E-state index contributed by atoms with van der Waals surface area (Å²) in [5.74, 6) is 0.497. The van der Waals surface area contributed by atoms with Gasteiger partial charge >= 0.3 is 5.97 Å². The summed E-state index contributed by atoms with van der Waals surface area (Å²) in [6.45, 7) is 2.90. The van der Waals surface area contributed by atoms with Crippen LogP contribution in [0.1, 0.15) is 12.0 Å². The molecule has 0 saturated heterocycles. The van der Waals surface area contributed by atoms with Crippen LogP contribution in [0, 0.1) is 6.92 Å². The van der Waals surface area contributed by atoms with Crippen molar-refractivity contribution in [3.63, 3.8) is 0 Å². The topological polar surface area (TPSA) is 92.7 Å². The molecule has 0 spiro atoms. The normalized spacial score (nSPS) is 11.7. The zero-order valence-corrected chi connectivity index (χ0v) is 20.7. The number of hydrogen-bond acceptors (Lipinski definition) is 7. The summed E-state index contributed by atoms with van der Waals surface area (Å²) in [4.78, 5) is 11.7. The van der Waals surface area contributed by atoms with E-state index in [2.05, 4.69) is 5.32 Å². The molecule has 0 aliphatic carbocycles. The molecule has 0 atom stereocenters. The van der Waals surface area contributed by atoms with Gasteiger partial charge in [0.2, 0.25) is 0 Å². The molecule has 0 fully saturated rings. The Morgan fingerprint density at radius 2 is 2.00 bits per heavy atom. The summed E-state index contributed by atoms with van der Waals surface area (Å²) in [7, 11) is -3.31. The number of rotatable bonds is 12. The second-order valence-electron chi connectivity index (χ2n) is 7.13. The molecular weight excluding hydrogens is 490 g/mol. The van der Waals surface area contributed by atoms with Crippen LogP contribution in [0.15, 0.2) is 51.6 Å². The van der Waals surface area contributed by atoms with Gasteiger partial charge in [0.15, 0.2) is 16.4 Å². The molecule has 6 nitrogen and oxygen atoms in total. The van der Waals surface area contributed by atoms with Gasteiger partial charge in [-0.15, -0.1) is 23.1 Å². The van der Waals surface area contributed by atoms with E-state index in [1.54, 1.807) is 36.0 Å². The number of fused-ring (bicyclic) bond motifs is 1. The lowest BCUT2D eigenvalue weighted by molar-refractivity contribution is -0.139. The lowest BCUT2D eigenvalue weighted by Crippen LogP contribution is -2.20. The standard InChI is InChI=1S/C22H24ClNO5S3/c1-15-11-18(4-5-19(15)29-14-21(25)26)30-9-8-24-7-2-10-32(27,28)22-13-16-12-17(23)3-6-20(16)31-22/h3-6,11-13,24H,2,7-10,14H2,1H3,(H,25,26). The van der Waals surface area contributed by atoms with Crippen molar-refractivity contribution in [3.05, 3.63) is 53.1 Å². The van der Waals surface area contributed by atoms with E-state index < -0.39 is 15.8 Å². The summed E-state index contributed by atoms with van der Waals surface area (Å²) < 4.78 is 31.7. The zero-order valence-electron chi connectivity index (χ0n) is 17.5. The fraction of sp³-hybridized carbons (Fsp3) is 0.318. The maximum absolute atomic E-state index is 12.6. The van der Waals surface area contributed by atoms with Crippen LogP contribution in [0.2, 0.25) is 5.02 Å². The molecular formula is C22H24ClNO5S3. The molecule has 3 rings (SSSR count). The van der Waals surface area contributed by atoms with E-state index in [0.29, 0.717) is 27.9 Å². The number of aliphatic carboxylic acids is 1. The molecule has 0 amide bonds. The van der Waals surface area contributed by atoms with Gasteiger partial charge in [-0.25, -0.2) is 13.2 Å². The smallest absolute Gasteiger partial charge is 0.341 e. The number of sulfone groups is 1. The van der Waals surface area contributed by atoms with E-state index in [1.165, 1.54) is 11.3 Å². The van der Waals surface area contributed by atoms with Gasteiger partial charge in [-0.3, -0.25) is 0 Å². The third-order valence-corrected chi connectivity index (χ3v) is 9.28. The highest BCUT2D eigenvalue weighted by Gasteiger charge is 2.17. The van der Waals surface area contributed by atoms with Crippen LogP contribution < -0.4 is 10.1 Å². The maximum atomic E-state index is 12.6. The predicted molar refractivity (Wildman–Crippen MR) is 131 cm³/mol. The summed E-state index contributed by atoms with van der Waals surface area (Å²) in [5, 5.41) is 13.4. The Morgan fingerprint density at radius 3 is 2.75 bits per heavy atom. The first-order valence-corrected chi connectivity index (χ1v) is 13.8. The van der Waals surface area contributed by atoms with Gasteiger partial charge in [-0.05, 0) is 73.3 Å². The Balaban J connectivity index is 1.37. The van der Waals surface area contributed by atoms with Crippen molar-refractivity contribution < 1.29 is 23.1 Å². The van der Waals surface area contributed by atoms with Gasteiger partial charge in [-0.1, -0.05) is 11.6 Å². The molecule has 0 aliphatic heterocycles. The SMILES string of the molecule is Cc1cc(SCCNCCCS(=O)(=O)c2cc3cc(Cl)ccc3s2)ccc1OCC(=O)O. The van der Waals surface area contributed by atoms with Crippen LogP contribution >= 0.6 is 34.7 Å². The minimum absolute atomic E-state index is 0.102. The van der Waals surface area contributed by atoms with Gasteiger partial charge in [0, 0.05) is 26.9 Å². The number of carboxylic acid groups (broad SMARTS) is 1. The molecule has 32 heavy (non-hydrogen) atoms. The van der Waals surface area contributed by atoms with Crippen molar-refractivity contribution in [3.8, 4) is 5.75 Å². The van der Waals surface area contributed by atoms with Crippen LogP contribution in [-0.2, 0) is 14.6 Å². The van der Waals surface area contributed by atoms with Gasteiger partial charge < -0.3 is 15.2 Å². The Labute approximate surface area is 200 Å². The highest BCUT2D eigenvalue weighted by atomic mass is 35.5. The number of nitrogens with one attached hydrogen (secondary N) is 1. The summed E-state index contributed by atoms with van der Waals surface area (Å²) in [6.07, 6.45) is 0.538. The fourth-order valence-corrected chi connectivity index (χ4v) is 6.93. The number of hydrogen-bond donors (Lipinski definition) is 2. The van der Waals surface area contributed by atoms with E-state index in [0.717, 1.165) is 32.8 Å². The third kappa shape index (κ3) is 7.11. The lowest BCUT2D eigenvalue weighted by Gasteiger charge is -2.09. The number of ether oxygens (including phenoxy) is 1. The highest BCUT2D eigenvalue weighted by molar-refractivity contribution is 7.99. The quantitative estimate of drug-likeness (QED) is 0.263. The first-order valence-electron chi connectivity index (χ1n) is 9.95. The van der Waals surface area contributed by atoms with E-state index in [4.69, 9.17) is 21.4 Å². The number of halogens is 1. The molecule has 172 valence electrons. The molecule has 0 radical (unpaired) electrons. The van der Waals surface area contributed by atoms with E-state index in [1.807, 2.05) is 25.1 Å². The van der Waals surface area contributed by atoms with Crippen LogP contribution in [0.25, 0.3) is 10.1 Å². The second kappa shape index (κ2) is 11.4.